The number of anilines is 1. The highest BCUT2D eigenvalue weighted by molar-refractivity contribution is 6.04. The number of aromatic amines is 1. The quantitative estimate of drug-likeness (QED) is 0.414. The fourth-order valence-electron chi connectivity index (χ4n) is 2.96. The van der Waals surface area contributed by atoms with Crippen molar-refractivity contribution in [3.05, 3.63) is 77.6 Å². The predicted molar refractivity (Wildman–Crippen MR) is 113 cm³/mol. The number of fused-ring (bicyclic) bond motifs is 1. The molecule has 2 aromatic carbocycles. The number of hydrogen-bond donors (Lipinski definition) is 3. The average molecular weight is 455 g/mol. The molecule has 0 radical (unpaired) electrons. The second-order valence-corrected chi connectivity index (χ2v) is 6.85. The van der Waals surface area contributed by atoms with Crippen molar-refractivity contribution in [2.75, 3.05) is 12.4 Å². The number of benzene rings is 2. The molecule has 0 saturated carbocycles. The minimum Gasteiger partial charge on any atom is -0.457 e. The molecule has 0 aliphatic carbocycles. The lowest BCUT2D eigenvalue weighted by Gasteiger charge is -2.08. The largest absolute Gasteiger partial charge is 0.457 e. The highest BCUT2D eigenvalue weighted by Crippen LogP contribution is 2.31. The lowest BCUT2D eigenvalue weighted by molar-refractivity contribution is -0.137. The molecule has 2 heterocycles. The number of amides is 2. The zero-order chi connectivity index (χ0) is 23.6. The minimum absolute atomic E-state index is 0.0215. The Balaban J connectivity index is 1.45. The molecule has 0 aliphatic heterocycles. The molecule has 3 N–H and O–H groups in total. The first-order chi connectivity index (χ1) is 15.7. The maximum Gasteiger partial charge on any atom is 0.416 e. The van der Waals surface area contributed by atoms with Crippen LogP contribution in [0.4, 0.5) is 19.1 Å². The molecule has 11 heteroatoms. The van der Waals surface area contributed by atoms with Crippen LogP contribution in [-0.4, -0.2) is 33.8 Å². The van der Waals surface area contributed by atoms with Crippen molar-refractivity contribution < 1.29 is 27.5 Å². The van der Waals surface area contributed by atoms with Crippen LogP contribution in [-0.2, 0) is 6.18 Å². The van der Waals surface area contributed by atoms with Gasteiger partial charge in [-0.2, -0.15) is 13.2 Å². The van der Waals surface area contributed by atoms with Crippen molar-refractivity contribution in [3.8, 4) is 11.5 Å². The highest BCUT2D eigenvalue weighted by atomic mass is 19.4. The summed E-state index contributed by atoms with van der Waals surface area (Å²) < 4.78 is 44.3. The third-order valence-electron chi connectivity index (χ3n) is 4.58. The Morgan fingerprint density at radius 3 is 2.42 bits per heavy atom. The Morgan fingerprint density at radius 2 is 1.73 bits per heavy atom. The van der Waals surface area contributed by atoms with Crippen molar-refractivity contribution in [2.24, 2.45) is 0 Å². The van der Waals surface area contributed by atoms with Gasteiger partial charge >= 0.3 is 6.18 Å². The summed E-state index contributed by atoms with van der Waals surface area (Å²) in [6.45, 7) is 0. The summed E-state index contributed by atoms with van der Waals surface area (Å²) >= 11 is 0. The summed E-state index contributed by atoms with van der Waals surface area (Å²) in [5.74, 6) is -0.0337. The van der Waals surface area contributed by atoms with Crippen molar-refractivity contribution in [1.82, 2.24) is 20.3 Å². The van der Waals surface area contributed by atoms with Crippen LogP contribution in [0.15, 0.2) is 60.8 Å². The van der Waals surface area contributed by atoms with E-state index in [1.165, 1.54) is 37.5 Å². The van der Waals surface area contributed by atoms with Crippen molar-refractivity contribution in [3.63, 3.8) is 0 Å². The van der Waals surface area contributed by atoms with E-state index in [0.717, 1.165) is 12.1 Å². The third kappa shape index (κ3) is 4.92. The number of alkyl halides is 3. The molecule has 0 bridgehead atoms. The Labute approximate surface area is 184 Å². The van der Waals surface area contributed by atoms with E-state index in [2.05, 4.69) is 25.6 Å². The van der Waals surface area contributed by atoms with Crippen LogP contribution in [0.1, 0.15) is 26.4 Å². The molecule has 0 spiro atoms. The van der Waals surface area contributed by atoms with Gasteiger partial charge in [0.15, 0.2) is 0 Å². The van der Waals surface area contributed by atoms with E-state index < -0.39 is 17.6 Å². The lowest BCUT2D eigenvalue weighted by atomic mass is 10.2. The van der Waals surface area contributed by atoms with Gasteiger partial charge in [-0.3, -0.25) is 19.9 Å². The fourth-order valence-corrected chi connectivity index (χ4v) is 2.96. The van der Waals surface area contributed by atoms with Gasteiger partial charge in [0.25, 0.3) is 11.8 Å². The molecular formula is C22H16F3N5O3. The summed E-state index contributed by atoms with van der Waals surface area (Å²) in [6, 6.07) is 12.3. The molecule has 0 unspecified atom stereocenters. The molecule has 33 heavy (non-hydrogen) atoms. The monoisotopic (exact) mass is 455 g/mol. The fraction of sp³-hybridized carbons (Fsp3) is 0.0909. The number of carbonyl (C=O) groups excluding carboxylic acids is 2. The van der Waals surface area contributed by atoms with E-state index >= 15 is 0 Å². The van der Waals surface area contributed by atoms with E-state index in [-0.39, 0.29) is 34.1 Å². The molecule has 4 aromatic rings. The molecule has 2 aromatic heterocycles. The first-order valence-corrected chi connectivity index (χ1v) is 9.57. The number of pyridine rings is 1. The number of hydrogen-bond acceptors (Lipinski definition) is 5. The standard InChI is InChI=1S/C22H16F3N5O3/c1-26-20(32)18-11-15(8-9-27-18)33-14-5-2-12(3-6-14)19(31)30-21-28-16-7-4-13(22(23,24)25)10-17(16)29-21/h2-11H,1H3,(H,26,32)(H2,28,29,30,31). The third-order valence-corrected chi connectivity index (χ3v) is 4.58. The number of rotatable bonds is 5. The van der Waals surface area contributed by atoms with Gasteiger partial charge in [0.2, 0.25) is 5.95 Å². The summed E-state index contributed by atoms with van der Waals surface area (Å²) in [6.07, 6.45) is -3.04. The molecule has 0 atom stereocenters. The van der Waals surface area contributed by atoms with Gasteiger partial charge in [-0.1, -0.05) is 0 Å². The lowest BCUT2D eigenvalue weighted by Crippen LogP contribution is -2.18. The number of H-pyrrole nitrogens is 1. The van der Waals surface area contributed by atoms with E-state index in [9.17, 15) is 22.8 Å². The first-order valence-electron chi connectivity index (χ1n) is 9.57. The SMILES string of the molecule is CNC(=O)c1cc(Oc2ccc(C(=O)Nc3nc4ccc(C(F)(F)F)cc4[nH]3)cc2)ccn1. The molecule has 168 valence electrons. The highest BCUT2D eigenvalue weighted by Gasteiger charge is 2.30. The Bertz CT molecular complexity index is 1330. The number of ether oxygens (including phenoxy) is 1. The number of halogens is 3. The molecular weight excluding hydrogens is 439 g/mol. The normalized spacial score (nSPS) is 11.3. The maximum absolute atomic E-state index is 12.9. The van der Waals surface area contributed by atoms with Crippen LogP contribution < -0.4 is 15.4 Å². The Morgan fingerprint density at radius 1 is 0.970 bits per heavy atom. The van der Waals surface area contributed by atoms with E-state index in [0.29, 0.717) is 11.5 Å². The van der Waals surface area contributed by atoms with Crippen molar-refractivity contribution >= 4 is 28.8 Å². The van der Waals surface area contributed by atoms with Crippen LogP contribution in [0.2, 0.25) is 0 Å². The number of imidazole rings is 1. The first kappa shape index (κ1) is 21.8. The minimum atomic E-state index is -4.48. The second-order valence-electron chi connectivity index (χ2n) is 6.85. The second kappa shape index (κ2) is 8.61. The van der Waals surface area contributed by atoms with Crippen LogP contribution in [0, 0.1) is 0 Å². The number of nitrogens with zero attached hydrogens (tertiary/aromatic N) is 2. The van der Waals surface area contributed by atoms with Gasteiger partial charge in [0, 0.05) is 24.9 Å². The number of carbonyl (C=O) groups is 2. The maximum atomic E-state index is 12.9. The smallest absolute Gasteiger partial charge is 0.416 e. The summed E-state index contributed by atoms with van der Waals surface area (Å²) in [4.78, 5) is 34.9. The van der Waals surface area contributed by atoms with E-state index in [1.807, 2.05) is 0 Å². The van der Waals surface area contributed by atoms with Gasteiger partial charge in [-0.05, 0) is 48.5 Å². The van der Waals surface area contributed by atoms with Gasteiger partial charge < -0.3 is 15.0 Å². The van der Waals surface area contributed by atoms with Crippen LogP contribution >= 0.6 is 0 Å². The van der Waals surface area contributed by atoms with Gasteiger partial charge in [-0.15, -0.1) is 0 Å². The summed E-state index contributed by atoms with van der Waals surface area (Å²) in [5, 5.41) is 4.99. The summed E-state index contributed by atoms with van der Waals surface area (Å²) in [5.41, 5.74) is 0.0929. The van der Waals surface area contributed by atoms with Crippen LogP contribution in [0.3, 0.4) is 0 Å². The number of aromatic nitrogens is 3. The molecule has 0 aliphatic rings. The van der Waals surface area contributed by atoms with Crippen LogP contribution in [0.25, 0.3) is 11.0 Å². The number of nitrogens with one attached hydrogen (secondary N) is 3. The van der Waals surface area contributed by atoms with Gasteiger partial charge in [0.05, 0.1) is 16.6 Å². The van der Waals surface area contributed by atoms with Gasteiger partial charge in [-0.25, -0.2) is 4.98 Å². The Kier molecular flexibility index (Phi) is 5.69. The zero-order valence-electron chi connectivity index (χ0n) is 17.0. The molecule has 4 rings (SSSR count). The topological polar surface area (TPSA) is 109 Å². The average Bonchev–Trinajstić information content (AvgIpc) is 3.20. The molecule has 8 nitrogen and oxygen atoms in total. The van der Waals surface area contributed by atoms with E-state index in [1.54, 1.807) is 18.2 Å². The van der Waals surface area contributed by atoms with Crippen LogP contribution in [0.5, 0.6) is 11.5 Å². The predicted octanol–water partition coefficient (Wildman–Crippen LogP) is 4.38. The summed E-state index contributed by atoms with van der Waals surface area (Å²) in [7, 11) is 1.49. The Hall–Kier alpha value is -4.41. The molecule has 0 saturated heterocycles. The van der Waals surface area contributed by atoms with Crippen molar-refractivity contribution in [2.45, 2.75) is 6.18 Å². The van der Waals surface area contributed by atoms with Gasteiger partial charge in [0.1, 0.15) is 17.2 Å². The molecule has 0 fully saturated rings. The van der Waals surface area contributed by atoms with E-state index in [4.69, 9.17) is 4.74 Å². The zero-order valence-corrected chi connectivity index (χ0v) is 17.0. The van der Waals surface area contributed by atoms with Crippen molar-refractivity contribution in [1.29, 1.82) is 0 Å². The molecule has 2 amide bonds.